The Labute approximate surface area is 67.3 Å². The summed E-state index contributed by atoms with van der Waals surface area (Å²) in [7, 11) is 0. The number of halogens is 1. The first-order valence-corrected chi connectivity index (χ1v) is 4.46. The molecule has 50 valence electrons. The van der Waals surface area contributed by atoms with Gasteiger partial charge in [0.25, 0.3) is 0 Å². The van der Waals surface area contributed by atoms with E-state index >= 15 is 0 Å². The van der Waals surface area contributed by atoms with Gasteiger partial charge < -0.3 is 0 Å². The van der Waals surface area contributed by atoms with E-state index in [4.69, 9.17) is 0 Å². The van der Waals surface area contributed by atoms with Gasteiger partial charge in [0.2, 0.25) is 0 Å². The largest absolute Gasteiger partial charge is 0.234 e. The van der Waals surface area contributed by atoms with E-state index in [1.807, 2.05) is 0 Å². The Morgan fingerprint density at radius 1 is 1.67 bits per heavy atom. The van der Waals surface area contributed by atoms with Gasteiger partial charge in [-0.1, -0.05) is 6.92 Å². The molecule has 3 heteroatoms. The van der Waals surface area contributed by atoms with Crippen LogP contribution in [0.15, 0.2) is 3.92 Å². The van der Waals surface area contributed by atoms with Gasteiger partial charge in [-0.25, -0.2) is 4.98 Å². The van der Waals surface area contributed by atoms with Crippen molar-refractivity contribution in [2.24, 2.45) is 0 Å². The minimum atomic E-state index is 0.997. The summed E-state index contributed by atoms with van der Waals surface area (Å²) in [4.78, 5) is 5.59. The van der Waals surface area contributed by atoms with Gasteiger partial charge in [-0.3, -0.25) is 0 Å². The molecule has 9 heavy (non-hydrogen) atoms. The molecule has 1 heterocycles. The predicted octanol–water partition coefficient (Wildman–Crippen LogP) is 2.78. The van der Waals surface area contributed by atoms with E-state index in [0.29, 0.717) is 0 Å². The summed E-state index contributed by atoms with van der Waals surface area (Å²) in [5, 5.41) is 0. The molecule has 0 N–H and O–H groups in total. The fourth-order valence-corrected chi connectivity index (χ4v) is 2.38. The molecule has 0 aliphatic heterocycles. The second-order valence-electron chi connectivity index (χ2n) is 1.82. The lowest BCUT2D eigenvalue weighted by atomic mass is 10.3. The van der Waals surface area contributed by atoms with E-state index in [-0.39, 0.29) is 0 Å². The van der Waals surface area contributed by atoms with Crippen molar-refractivity contribution >= 4 is 27.3 Å². The summed E-state index contributed by atoms with van der Waals surface area (Å²) < 4.78 is 0.997. The fraction of sp³-hybridized carbons (Fsp3) is 0.500. The van der Waals surface area contributed by atoms with Gasteiger partial charge in [-0.05, 0) is 29.3 Å². The van der Waals surface area contributed by atoms with Crippen molar-refractivity contribution in [3.63, 3.8) is 0 Å². The highest BCUT2D eigenvalue weighted by atomic mass is 79.9. The molecule has 0 aliphatic rings. The van der Waals surface area contributed by atoms with Gasteiger partial charge in [0.05, 0.1) is 5.69 Å². The summed E-state index contributed by atoms with van der Waals surface area (Å²) in [6.45, 7) is 4.22. The van der Waals surface area contributed by atoms with Crippen LogP contribution in [0.4, 0.5) is 0 Å². The van der Waals surface area contributed by atoms with Crippen LogP contribution in [-0.4, -0.2) is 4.98 Å². The van der Waals surface area contributed by atoms with Crippen LogP contribution < -0.4 is 0 Å². The van der Waals surface area contributed by atoms with Crippen LogP contribution in [0.2, 0.25) is 0 Å². The first kappa shape index (κ1) is 7.22. The van der Waals surface area contributed by atoms with E-state index in [1.54, 1.807) is 11.3 Å². The minimum absolute atomic E-state index is 0.997. The number of nitrogens with zero attached hydrogens (tertiary/aromatic N) is 1. The molecule has 1 nitrogen and oxygen atoms in total. The maximum absolute atomic E-state index is 4.26. The molecular weight excluding hydrogens is 198 g/mol. The minimum Gasteiger partial charge on any atom is -0.234 e. The smallest absolute Gasteiger partial charge is 0.159 e. The van der Waals surface area contributed by atoms with Gasteiger partial charge in [0, 0.05) is 4.88 Å². The van der Waals surface area contributed by atoms with Gasteiger partial charge in [0.15, 0.2) is 3.92 Å². The van der Waals surface area contributed by atoms with Crippen LogP contribution in [-0.2, 0) is 6.42 Å². The molecule has 0 atom stereocenters. The third-order valence-electron chi connectivity index (χ3n) is 1.20. The lowest BCUT2D eigenvalue weighted by molar-refractivity contribution is 1.04. The average molecular weight is 206 g/mol. The maximum Gasteiger partial charge on any atom is 0.159 e. The summed E-state index contributed by atoms with van der Waals surface area (Å²) in [6, 6.07) is 0. The van der Waals surface area contributed by atoms with E-state index in [2.05, 4.69) is 34.8 Å². The fourth-order valence-electron chi connectivity index (χ4n) is 0.721. The molecule has 0 saturated heterocycles. The van der Waals surface area contributed by atoms with Gasteiger partial charge in [-0.2, -0.15) is 0 Å². The zero-order valence-corrected chi connectivity index (χ0v) is 7.84. The van der Waals surface area contributed by atoms with Crippen molar-refractivity contribution in [2.75, 3.05) is 0 Å². The number of hydrogen-bond acceptors (Lipinski definition) is 2. The molecule has 0 bridgehead atoms. The van der Waals surface area contributed by atoms with Gasteiger partial charge >= 0.3 is 0 Å². The molecule has 0 aliphatic carbocycles. The van der Waals surface area contributed by atoms with Gasteiger partial charge in [0.1, 0.15) is 0 Å². The number of hydrogen-bond donors (Lipinski definition) is 0. The number of thiazole rings is 1. The number of aromatic nitrogens is 1. The van der Waals surface area contributed by atoms with E-state index < -0.39 is 0 Å². The van der Waals surface area contributed by atoms with E-state index in [1.165, 1.54) is 10.6 Å². The van der Waals surface area contributed by atoms with Crippen molar-refractivity contribution < 1.29 is 0 Å². The lowest BCUT2D eigenvalue weighted by Crippen LogP contribution is -1.80. The van der Waals surface area contributed by atoms with Crippen molar-refractivity contribution in [1.29, 1.82) is 0 Å². The van der Waals surface area contributed by atoms with Crippen molar-refractivity contribution in [3.05, 3.63) is 14.5 Å². The normalized spacial score (nSPS) is 10.1. The molecule has 0 radical (unpaired) electrons. The molecule has 1 rings (SSSR count). The molecule has 0 fully saturated rings. The zero-order chi connectivity index (χ0) is 6.85. The Morgan fingerprint density at radius 2 is 2.33 bits per heavy atom. The number of aryl methyl sites for hydroxylation is 2. The Balaban J connectivity index is 3.01. The molecule has 0 spiro atoms. The predicted molar refractivity (Wildman–Crippen MR) is 43.9 cm³/mol. The molecular formula is C6H8BrNS. The monoisotopic (exact) mass is 205 g/mol. The van der Waals surface area contributed by atoms with Crippen molar-refractivity contribution in [2.45, 2.75) is 20.3 Å². The summed E-state index contributed by atoms with van der Waals surface area (Å²) >= 11 is 5.03. The third-order valence-corrected chi connectivity index (χ3v) is 2.67. The molecule has 1 aromatic rings. The van der Waals surface area contributed by atoms with Crippen LogP contribution in [0.1, 0.15) is 17.5 Å². The zero-order valence-electron chi connectivity index (χ0n) is 5.44. The summed E-state index contributed by atoms with van der Waals surface area (Å²) in [6.07, 6.45) is 1.04. The highest BCUT2D eigenvalue weighted by molar-refractivity contribution is 9.11. The topological polar surface area (TPSA) is 12.9 Å². The van der Waals surface area contributed by atoms with Crippen LogP contribution in [0.3, 0.4) is 0 Å². The number of rotatable bonds is 1. The Hall–Kier alpha value is 0.110. The van der Waals surface area contributed by atoms with E-state index in [9.17, 15) is 0 Å². The van der Waals surface area contributed by atoms with Crippen LogP contribution >= 0.6 is 27.3 Å². The quantitative estimate of drug-likeness (QED) is 0.688. The first-order valence-electron chi connectivity index (χ1n) is 2.86. The Bertz CT molecular complexity index is 207. The Kier molecular flexibility index (Phi) is 2.24. The first-order chi connectivity index (χ1) is 4.24. The summed E-state index contributed by atoms with van der Waals surface area (Å²) in [5.74, 6) is 0. The van der Waals surface area contributed by atoms with Crippen molar-refractivity contribution in [1.82, 2.24) is 4.98 Å². The van der Waals surface area contributed by atoms with Crippen molar-refractivity contribution in [3.8, 4) is 0 Å². The van der Waals surface area contributed by atoms with Crippen LogP contribution in [0, 0.1) is 6.92 Å². The average Bonchev–Trinajstić information content (AvgIpc) is 2.10. The second-order valence-corrected chi connectivity index (χ2v) is 4.30. The molecule has 0 unspecified atom stereocenters. The third kappa shape index (κ3) is 1.52. The Morgan fingerprint density at radius 3 is 2.56 bits per heavy atom. The van der Waals surface area contributed by atoms with Crippen LogP contribution in [0.5, 0.6) is 0 Å². The summed E-state index contributed by atoms with van der Waals surface area (Å²) in [5.41, 5.74) is 1.21. The second kappa shape index (κ2) is 2.80. The maximum atomic E-state index is 4.26. The standard InChI is InChI=1S/C6H8BrNS/c1-3-5-4(2)9-6(7)8-5/h3H2,1-2H3. The van der Waals surface area contributed by atoms with Crippen LogP contribution in [0.25, 0.3) is 0 Å². The molecule has 1 aromatic heterocycles. The van der Waals surface area contributed by atoms with Gasteiger partial charge in [-0.15, -0.1) is 11.3 Å². The highest BCUT2D eigenvalue weighted by Gasteiger charge is 2.00. The highest BCUT2D eigenvalue weighted by Crippen LogP contribution is 2.21. The van der Waals surface area contributed by atoms with E-state index in [0.717, 1.165) is 10.3 Å². The molecule has 0 saturated carbocycles. The molecule has 0 aromatic carbocycles. The molecule has 0 amide bonds. The lowest BCUT2D eigenvalue weighted by Gasteiger charge is -1.85. The SMILES string of the molecule is CCc1nc(Br)sc1C.